The van der Waals surface area contributed by atoms with Gasteiger partial charge in [-0.25, -0.2) is 8.42 Å². The molecule has 2 aliphatic rings. The van der Waals surface area contributed by atoms with Crippen molar-refractivity contribution < 1.29 is 17.9 Å². The molecule has 5 nitrogen and oxygen atoms in total. The molecule has 0 N–H and O–H groups in total. The predicted molar refractivity (Wildman–Crippen MR) is 93.6 cm³/mol. The second kappa shape index (κ2) is 6.11. The van der Waals surface area contributed by atoms with Crippen LogP contribution in [-0.4, -0.2) is 37.4 Å². The molecular formula is C17H25NO4S2. The Morgan fingerprint density at radius 3 is 2.62 bits per heavy atom. The Kier molecular flexibility index (Phi) is 4.55. The molecule has 1 aromatic heterocycles. The molecule has 0 spiro atoms. The lowest BCUT2D eigenvalue weighted by Gasteiger charge is -2.34. The van der Waals surface area contributed by atoms with E-state index < -0.39 is 15.4 Å². The number of thiophene rings is 1. The maximum atomic E-state index is 13.3. The second-order valence-electron chi connectivity index (χ2n) is 6.79. The number of aryl methyl sites for hydroxylation is 2. The van der Waals surface area contributed by atoms with E-state index >= 15 is 0 Å². The number of hydrogen-bond acceptors (Lipinski definition) is 5. The van der Waals surface area contributed by atoms with Crippen molar-refractivity contribution in [2.24, 2.45) is 5.41 Å². The van der Waals surface area contributed by atoms with Gasteiger partial charge in [-0.1, -0.05) is 6.92 Å². The van der Waals surface area contributed by atoms with Crippen LogP contribution in [0.25, 0.3) is 0 Å². The summed E-state index contributed by atoms with van der Waals surface area (Å²) in [6.45, 7) is 7.85. The SMILES string of the molecule is CCOC(=O)[C@]1(CC)C[C@@H]2CC[C@H]1N2S(=O)(=O)c1cc(C)sc1C. The second-order valence-corrected chi connectivity index (χ2v) is 10.1. The molecule has 3 atom stereocenters. The predicted octanol–water partition coefficient (Wildman–Crippen LogP) is 3.25. The maximum Gasteiger partial charge on any atom is 0.313 e. The fraction of sp³-hybridized carbons (Fsp3) is 0.706. The zero-order valence-electron chi connectivity index (χ0n) is 14.7. The van der Waals surface area contributed by atoms with Gasteiger partial charge in [0.15, 0.2) is 0 Å². The van der Waals surface area contributed by atoms with Crippen molar-refractivity contribution in [1.82, 2.24) is 4.31 Å². The van der Waals surface area contributed by atoms with Gasteiger partial charge in [0.05, 0.1) is 16.9 Å². The van der Waals surface area contributed by atoms with E-state index in [9.17, 15) is 13.2 Å². The highest BCUT2D eigenvalue weighted by Gasteiger charge is 2.63. The summed E-state index contributed by atoms with van der Waals surface area (Å²) in [6.07, 6.45) is 2.75. The molecule has 2 saturated heterocycles. The molecule has 1 aromatic rings. The van der Waals surface area contributed by atoms with Gasteiger partial charge in [-0.15, -0.1) is 11.3 Å². The number of ether oxygens (including phenoxy) is 1. The topological polar surface area (TPSA) is 63.7 Å². The van der Waals surface area contributed by atoms with Gasteiger partial charge in [-0.3, -0.25) is 4.79 Å². The highest BCUT2D eigenvalue weighted by molar-refractivity contribution is 7.89. The number of carbonyl (C=O) groups is 1. The summed E-state index contributed by atoms with van der Waals surface area (Å²) >= 11 is 1.50. The van der Waals surface area contributed by atoms with E-state index in [0.717, 1.165) is 22.6 Å². The number of sulfonamides is 1. The van der Waals surface area contributed by atoms with Crippen LogP contribution in [0.15, 0.2) is 11.0 Å². The lowest BCUT2D eigenvalue weighted by molar-refractivity contribution is -0.157. The third-order valence-corrected chi connectivity index (χ3v) is 8.72. The van der Waals surface area contributed by atoms with Gasteiger partial charge >= 0.3 is 5.97 Å². The van der Waals surface area contributed by atoms with Crippen molar-refractivity contribution in [3.05, 3.63) is 15.8 Å². The summed E-state index contributed by atoms with van der Waals surface area (Å²) in [5.41, 5.74) is -0.690. The molecule has 24 heavy (non-hydrogen) atoms. The minimum Gasteiger partial charge on any atom is -0.466 e. The van der Waals surface area contributed by atoms with Gasteiger partial charge in [0, 0.05) is 21.8 Å². The third kappa shape index (κ3) is 2.44. The molecule has 0 aromatic carbocycles. The summed E-state index contributed by atoms with van der Waals surface area (Å²) in [6, 6.07) is 1.38. The first-order valence-electron chi connectivity index (χ1n) is 8.55. The van der Waals surface area contributed by atoms with Crippen LogP contribution in [0.4, 0.5) is 0 Å². The van der Waals surface area contributed by atoms with Crippen molar-refractivity contribution in [2.45, 2.75) is 70.4 Å². The molecule has 0 saturated carbocycles. The minimum atomic E-state index is -3.58. The van der Waals surface area contributed by atoms with Gasteiger partial charge < -0.3 is 4.74 Å². The lowest BCUT2D eigenvalue weighted by Crippen LogP contribution is -2.45. The first-order valence-corrected chi connectivity index (χ1v) is 10.8. The van der Waals surface area contributed by atoms with E-state index in [1.165, 1.54) is 11.3 Å². The highest BCUT2D eigenvalue weighted by Crippen LogP contribution is 2.54. The molecule has 0 amide bonds. The molecule has 0 aliphatic carbocycles. The van der Waals surface area contributed by atoms with E-state index in [0.29, 0.717) is 24.3 Å². The number of carbonyl (C=O) groups excluding carboxylic acids is 1. The van der Waals surface area contributed by atoms with Crippen LogP contribution in [0.5, 0.6) is 0 Å². The van der Waals surface area contributed by atoms with E-state index in [-0.39, 0.29) is 18.1 Å². The summed E-state index contributed by atoms with van der Waals surface area (Å²) < 4.78 is 33.5. The molecule has 3 heterocycles. The molecule has 7 heteroatoms. The molecule has 2 bridgehead atoms. The van der Waals surface area contributed by atoms with Crippen LogP contribution in [0, 0.1) is 19.3 Å². The Labute approximate surface area is 148 Å². The average Bonchev–Trinajstić information content (AvgIpc) is 3.19. The molecule has 2 fully saturated rings. The van der Waals surface area contributed by atoms with Gasteiger partial charge in [-0.05, 0) is 52.5 Å². The molecule has 2 aliphatic heterocycles. The number of esters is 1. The Bertz CT molecular complexity index is 755. The van der Waals surface area contributed by atoms with Crippen molar-refractivity contribution in [3.8, 4) is 0 Å². The van der Waals surface area contributed by atoms with Crippen molar-refractivity contribution in [1.29, 1.82) is 0 Å². The minimum absolute atomic E-state index is 0.0936. The fourth-order valence-corrected chi connectivity index (χ4v) is 7.95. The van der Waals surface area contributed by atoms with Crippen LogP contribution >= 0.6 is 11.3 Å². The molecule has 0 radical (unpaired) electrons. The van der Waals surface area contributed by atoms with Crippen LogP contribution in [-0.2, 0) is 19.6 Å². The van der Waals surface area contributed by atoms with E-state index in [2.05, 4.69) is 0 Å². The fourth-order valence-electron chi connectivity index (χ4n) is 4.49. The number of rotatable bonds is 5. The first kappa shape index (κ1) is 17.9. The largest absolute Gasteiger partial charge is 0.466 e. The van der Waals surface area contributed by atoms with Crippen LogP contribution in [0.2, 0.25) is 0 Å². The monoisotopic (exact) mass is 371 g/mol. The van der Waals surface area contributed by atoms with E-state index in [4.69, 9.17) is 4.74 Å². The van der Waals surface area contributed by atoms with Crippen LogP contribution < -0.4 is 0 Å². The number of nitrogens with zero attached hydrogens (tertiary/aromatic N) is 1. The van der Waals surface area contributed by atoms with Crippen LogP contribution in [0.1, 0.15) is 49.3 Å². The quantitative estimate of drug-likeness (QED) is 0.745. The zero-order chi connectivity index (χ0) is 17.7. The summed E-state index contributed by atoms with van der Waals surface area (Å²) in [7, 11) is -3.58. The molecule has 134 valence electrons. The first-order chi connectivity index (χ1) is 11.3. The Morgan fingerprint density at radius 2 is 2.08 bits per heavy atom. The molecular weight excluding hydrogens is 346 g/mol. The number of fused-ring (bicyclic) bond motifs is 2. The zero-order valence-corrected chi connectivity index (χ0v) is 16.3. The molecule has 0 unspecified atom stereocenters. The standard InChI is InChI=1S/C17H25NO4S2/c1-5-17(16(19)22-6-2)10-13-7-8-15(17)18(13)24(20,21)14-9-11(3)23-12(14)4/h9,13,15H,5-8,10H2,1-4H3/t13-,15+,17+/m0/s1. The summed E-state index contributed by atoms with van der Waals surface area (Å²) in [4.78, 5) is 14.8. The van der Waals surface area contributed by atoms with E-state index in [1.54, 1.807) is 17.3 Å². The lowest BCUT2D eigenvalue weighted by atomic mass is 9.72. The maximum absolute atomic E-state index is 13.3. The Morgan fingerprint density at radius 1 is 1.38 bits per heavy atom. The molecule has 3 rings (SSSR count). The van der Waals surface area contributed by atoms with Crippen molar-refractivity contribution >= 4 is 27.3 Å². The van der Waals surface area contributed by atoms with Gasteiger partial charge in [0.2, 0.25) is 10.0 Å². The Hall–Kier alpha value is -0.920. The van der Waals surface area contributed by atoms with Crippen molar-refractivity contribution in [2.75, 3.05) is 6.61 Å². The number of hydrogen-bond donors (Lipinski definition) is 0. The average molecular weight is 372 g/mol. The summed E-state index contributed by atoms with van der Waals surface area (Å²) in [5, 5.41) is 0. The summed E-state index contributed by atoms with van der Waals surface area (Å²) in [5.74, 6) is -0.238. The van der Waals surface area contributed by atoms with Crippen LogP contribution in [0.3, 0.4) is 0 Å². The van der Waals surface area contributed by atoms with Crippen molar-refractivity contribution in [3.63, 3.8) is 0 Å². The highest BCUT2D eigenvalue weighted by atomic mass is 32.2. The van der Waals surface area contributed by atoms with Gasteiger partial charge in [0.1, 0.15) is 0 Å². The Balaban J connectivity index is 2.02. The van der Waals surface area contributed by atoms with Gasteiger partial charge in [0.25, 0.3) is 0 Å². The third-order valence-electron chi connectivity index (χ3n) is 5.54. The smallest absolute Gasteiger partial charge is 0.313 e. The van der Waals surface area contributed by atoms with E-state index in [1.807, 2.05) is 20.8 Å². The normalized spacial score (nSPS) is 30.0. The van der Waals surface area contributed by atoms with Gasteiger partial charge in [-0.2, -0.15) is 4.31 Å².